The van der Waals surface area contributed by atoms with Gasteiger partial charge in [-0.25, -0.2) is 14.6 Å². The number of hydrogen-bond donors (Lipinski definition) is 1. The van der Waals surface area contributed by atoms with Gasteiger partial charge in [0.2, 0.25) is 0 Å². The zero-order valence-electron chi connectivity index (χ0n) is 12.4. The number of aromatic nitrogens is 4. The van der Waals surface area contributed by atoms with Crippen LogP contribution in [0.2, 0.25) is 0 Å². The van der Waals surface area contributed by atoms with E-state index in [-0.39, 0.29) is 0 Å². The van der Waals surface area contributed by atoms with Gasteiger partial charge < -0.3 is 5.32 Å². The first-order chi connectivity index (χ1) is 10.3. The van der Waals surface area contributed by atoms with E-state index < -0.39 is 0 Å². The number of nitrogens with one attached hydrogen (secondary N) is 1. The van der Waals surface area contributed by atoms with Crippen LogP contribution in [-0.4, -0.2) is 26.3 Å². The van der Waals surface area contributed by atoms with E-state index in [9.17, 15) is 0 Å². The van der Waals surface area contributed by atoms with E-state index in [1.165, 1.54) is 25.7 Å². The molecule has 2 heterocycles. The lowest BCUT2D eigenvalue weighted by Crippen LogP contribution is -2.06. The number of hydrogen-bond acceptors (Lipinski definition) is 4. The van der Waals surface area contributed by atoms with Crippen molar-refractivity contribution in [1.82, 2.24) is 19.7 Å². The van der Waals surface area contributed by atoms with Crippen LogP contribution in [0.4, 0.5) is 5.82 Å². The molecule has 4 rings (SSSR count). The molecule has 5 heteroatoms. The molecule has 0 bridgehead atoms. The molecule has 2 aliphatic rings. The third-order valence-electron chi connectivity index (χ3n) is 4.60. The lowest BCUT2D eigenvalue weighted by Gasteiger charge is -2.03. The molecule has 2 aromatic rings. The Hall–Kier alpha value is -1.91. The highest BCUT2D eigenvalue weighted by atomic mass is 15.4. The number of rotatable bonds is 6. The van der Waals surface area contributed by atoms with Gasteiger partial charge >= 0.3 is 0 Å². The summed E-state index contributed by atoms with van der Waals surface area (Å²) >= 11 is 0. The molecule has 0 aromatic carbocycles. The zero-order valence-corrected chi connectivity index (χ0v) is 12.4. The first-order valence-electron chi connectivity index (χ1n) is 7.89. The summed E-state index contributed by atoms with van der Waals surface area (Å²) in [7, 11) is 0. The quantitative estimate of drug-likeness (QED) is 0.885. The second-order valence-corrected chi connectivity index (χ2v) is 6.36. The SMILES string of the molecule is Cc1ccnc(-n2ccc(NCC[C@@H]3C[C@H]3C3CC3)n2)n1. The van der Waals surface area contributed by atoms with Gasteiger partial charge in [-0.2, -0.15) is 0 Å². The Morgan fingerprint density at radius 3 is 3.05 bits per heavy atom. The summed E-state index contributed by atoms with van der Waals surface area (Å²) in [4.78, 5) is 8.61. The summed E-state index contributed by atoms with van der Waals surface area (Å²) in [5, 5.41) is 7.90. The predicted octanol–water partition coefficient (Wildman–Crippen LogP) is 2.82. The van der Waals surface area contributed by atoms with Gasteiger partial charge in [-0.15, -0.1) is 5.10 Å². The van der Waals surface area contributed by atoms with Crippen molar-refractivity contribution in [2.45, 2.75) is 32.6 Å². The molecule has 2 aliphatic carbocycles. The van der Waals surface area contributed by atoms with Gasteiger partial charge in [0.25, 0.3) is 5.95 Å². The third-order valence-corrected chi connectivity index (χ3v) is 4.60. The van der Waals surface area contributed by atoms with Gasteiger partial charge in [0.05, 0.1) is 0 Å². The predicted molar refractivity (Wildman–Crippen MR) is 81.3 cm³/mol. The molecule has 0 unspecified atom stereocenters. The molecule has 21 heavy (non-hydrogen) atoms. The number of aryl methyl sites for hydroxylation is 1. The minimum absolute atomic E-state index is 0.624. The molecule has 2 fully saturated rings. The highest BCUT2D eigenvalue weighted by molar-refractivity contribution is 5.34. The molecule has 0 spiro atoms. The van der Waals surface area contributed by atoms with Crippen molar-refractivity contribution in [1.29, 1.82) is 0 Å². The largest absolute Gasteiger partial charge is 0.369 e. The Morgan fingerprint density at radius 2 is 2.24 bits per heavy atom. The topological polar surface area (TPSA) is 55.6 Å². The molecule has 0 saturated heterocycles. The Bertz CT molecular complexity index is 631. The molecule has 110 valence electrons. The zero-order chi connectivity index (χ0) is 14.2. The summed E-state index contributed by atoms with van der Waals surface area (Å²) in [5.74, 6) is 4.62. The second-order valence-electron chi connectivity index (χ2n) is 6.36. The van der Waals surface area contributed by atoms with Crippen molar-refractivity contribution in [3.63, 3.8) is 0 Å². The molecule has 1 N–H and O–H groups in total. The Balaban J connectivity index is 1.30. The van der Waals surface area contributed by atoms with Crippen LogP contribution in [0.5, 0.6) is 0 Å². The Kier molecular flexibility index (Phi) is 3.13. The molecule has 2 atom stereocenters. The van der Waals surface area contributed by atoms with Gasteiger partial charge in [-0.1, -0.05) is 0 Å². The highest BCUT2D eigenvalue weighted by Crippen LogP contribution is 2.55. The molecule has 0 aliphatic heterocycles. The summed E-state index contributed by atoms with van der Waals surface area (Å²) in [6.07, 6.45) is 9.36. The number of nitrogens with zero attached hydrogens (tertiary/aromatic N) is 4. The first kappa shape index (κ1) is 12.8. The minimum atomic E-state index is 0.624. The van der Waals surface area contributed by atoms with Crippen LogP contribution in [0.3, 0.4) is 0 Å². The average molecular weight is 283 g/mol. The van der Waals surface area contributed by atoms with Crippen LogP contribution in [0.15, 0.2) is 24.5 Å². The lowest BCUT2D eigenvalue weighted by molar-refractivity contribution is 0.605. The molecule has 0 amide bonds. The van der Waals surface area contributed by atoms with Crippen LogP contribution >= 0.6 is 0 Å². The summed E-state index contributed by atoms with van der Waals surface area (Å²) in [6.45, 7) is 2.97. The maximum Gasteiger partial charge on any atom is 0.250 e. The standard InChI is InChI=1S/C16H21N5/c1-11-4-7-18-16(19-11)21-9-6-15(20-21)17-8-5-13-10-14(13)12-2-3-12/h4,6-7,9,12-14H,2-3,5,8,10H2,1H3,(H,17,20)/t13-,14+/m1/s1. The smallest absolute Gasteiger partial charge is 0.250 e. The van der Waals surface area contributed by atoms with Crippen molar-refractivity contribution in [3.05, 3.63) is 30.2 Å². The minimum Gasteiger partial charge on any atom is -0.369 e. The normalized spacial score (nSPS) is 24.0. The van der Waals surface area contributed by atoms with Crippen LogP contribution in [0, 0.1) is 24.7 Å². The maximum atomic E-state index is 4.49. The molecule has 0 radical (unpaired) electrons. The van der Waals surface area contributed by atoms with Crippen LogP contribution in [0.25, 0.3) is 5.95 Å². The van der Waals surface area contributed by atoms with E-state index in [0.717, 1.165) is 35.8 Å². The first-order valence-corrected chi connectivity index (χ1v) is 7.89. The van der Waals surface area contributed by atoms with Gasteiger partial charge in [-0.05, 0) is 56.4 Å². The van der Waals surface area contributed by atoms with E-state index in [1.807, 2.05) is 25.3 Å². The third kappa shape index (κ3) is 2.91. The van der Waals surface area contributed by atoms with Gasteiger partial charge in [0.15, 0.2) is 0 Å². The van der Waals surface area contributed by atoms with Crippen molar-refractivity contribution in [2.24, 2.45) is 17.8 Å². The van der Waals surface area contributed by atoms with Crippen LogP contribution in [-0.2, 0) is 0 Å². The Morgan fingerprint density at radius 1 is 1.33 bits per heavy atom. The second kappa shape index (κ2) is 5.13. The summed E-state index contributed by atoms with van der Waals surface area (Å²) in [5.41, 5.74) is 0.949. The maximum absolute atomic E-state index is 4.49. The average Bonchev–Trinajstić information content (AvgIpc) is 3.37. The van der Waals surface area contributed by atoms with Crippen molar-refractivity contribution in [3.8, 4) is 5.95 Å². The van der Waals surface area contributed by atoms with Crippen LogP contribution < -0.4 is 5.32 Å². The molecule has 2 aromatic heterocycles. The molecule has 2 saturated carbocycles. The lowest BCUT2D eigenvalue weighted by atomic mass is 10.2. The Labute approximate surface area is 124 Å². The van der Waals surface area contributed by atoms with E-state index in [0.29, 0.717) is 5.95 Å². The van der Waals surface area contributed by atoms with Crippen molar-refractivity contribution < 1.29 is 0 Å². The fourth-order valence-electron chi connectivity index (χ4n) is 3.17. The van der Waals surface area contributed by atoms with E-state index in [4.69, 9.17) is 0 Å². The van der Waals surface area contributed by atoms with Gasteiger partial charge in [0.1, 0.15) is 5.82 Å². The van der Waals surface area contributed by atoms with Crippen molar-refractivity contribution in [2.75, 3.05) is 11.9 Å². The molecular weight excluding hydrogens is 262 g/mol. The fourth-order valence-corrected chi connectivity index (χ4v) is 3.17. The monoisotopic (exact) mass is 283 g/mol. The molecule has 5 nitrogen and oxygen atoms in total. The molecular formula is C16H21N5. The van der Waals surface area contributed by atoms with E-state index in [1.54, 1.807) is 10.9 Å². The summed E-state index contributed by atoms with van der Waals surface area (Å²) in [6, 6.07) is 3.87. The van der Waals surface area contributed by atoms with E-state index >= 15 is 0 Å². The van der Waals surface area contributed by atoms with E-state index in [2.05, 4.69) is 20.4 Å². The highest BCUT2D eigenvalue weighted by Gasteiger charge is 2.46. The van der Waals surface area contributed by atoms with Gasteiger partial charge in [-0.3, -0.25) is 0 Å². The van der Waals surface area contributed by atoms with Gasteiger partial charge in [0, 0.05) is 30.7 Å². The van der Waals surface area contributed by atoms with Crippen molar-refractivity contribution >= 4 is 5.82 Å². The number of anilines is 1. The fraction of sp³-hybridized carbons (Fsp3) is 0.562. The van der Waals surface area contributed by atoms with Crippen LogP contribution in [0.1, 0.15) is 31.4 Å². The summed E-state index contributed by atoms with van der Waals surface area (Å²) < 4.78 is 1.72.